The normalized spacial score (nSPS) is 11.0. The number of hydrogen-bond acceptors (Lipinski definition) is 5. The van der Waals surface area contributed by atoms with E-state index in [4.69, 9.17) is 9.97 Å². The number of hydrogen-bond donors (Lipinski definition) is 1. The predicted octanol–water partition coefficient (Wildman–Crippen LogP) is 11.6. The fourth-order valence-corrected chi connectivity index (χ4v) is 13.3. The van der Waals surface area contributed by atoms with E-state index in [0.29, 0.717) is 17.0 Å². The third kappa shape index (κ3) is 8.34. The molecule has 65 heavy (non-hydrogen) atoms. The molecular formula is C58H43N4OPtSi-. The second kappa shape index (κ2) is 19.4. The van der Waals surface area contributed by atoms with Crippen LogP contribution in [0.25, 0.3) is 22.5 Å². The third-order valence-corrected chi connectivity index (χ3v) is 16.2. The van der Waals surface area contributed by atoms with Crippen LogP contribution in [-0.4, -0.2) is 23.1 Å². The van der Waals surface area contributed by atoms with Crippen LogP contribution in [0.5, 0.6) is 5.75 Å². The summed E-state index contributed by atoms with van der Waals surface area (Å²) >= 11 is 0. The summed E-state index contributed by atoms with van der Waals surface area (Å²) in [5.41, 5.74) is 8.17. The van der Waals surface area contributed by atoms with Gasteiger partial charge in [-0.05, 0) is 89.2 Å². The summed E-state index contributed by atoms with van der Waals surface area (Å²) in [6, 6.07) is 89.5. The molecule has 0 saturated carbocycles. The van der Waals surface area contributed by atoms with Crippen LogP contribution in [0, 0.1) is 6.07 Å². The molecule has 316 valence electrons. The molecule has 7 heteroatoms. The molecule has 0 radical (unpaired) electrons. The Kier molecular flexibility index (Phi) is 12.7. The number of para-hydroxylation sites is 5. The van der Waals surface area contributed by atoms with Crippen molar-refractivity contribution in [2.45, 2.75) is 0 Å². The molecule has 0 aliphatic heterocycles. The zero-order valence-corrected chi connectivity index (χ0v) is 38.6. The molecule has 1 N–H and O–H groups in total. The van der Waals surface area contributed by atoms with Gasteiger partial charge in [0.15, 0.2) is 8.07 Å². The van der Waals surface area contributed by atoms with Gasteiger partial charge in [-0.15, -0.1) is 35.0 Å². The maximum absolute atomic E-state index is 11.8. The van der Waals surface area contributed by atoms with Gasteiger partial charge in [-0.25, -0.2) is 0 Å². The van der Waals surface area contributed by atoms with E-state index in [0.717, 1.165) is 50.2 Å². The number of benzene rings is 8. The summed E-state index contributed by atoms with van der Waals surface area (Å²) in [5, 5.41) is 16.2. The maximum Gasteiger partial charge on any atom is 0.183 e. The average molecular weight is 1040 g/mol. The number of aromatic nitrogens is 2. The van der Waals surface area contributed by atoms with E-state index in [-0.39, 0.29) is 26.8 Å². The number of anilines is 6. The molecular weight excluding hydrogens is 992 g/mol. The number of aromatic hydroxyl groups is 1. The average Bonchev–Trinajstić information content (AvgIpc) is 3.37. The van der Waals surface area contributed by atoms with Crippen molar-refractivity contribution < 1.29 is 26.2 Å². The Morgan fingerprint density at radius 1 is 0.415 bits per heavy atom. The number of rotatable bonds is 12. The first-order chi connectivity index (χ1) is 31.7. The molecule has 0 amide bonds. The van der Waals surface area contributed by atoms with E-state index in [2.05, 4.69) is 186 Å². The SMILES string of the molecule is Oc1ccccc1-c1nc(-c2[c-]c([Si](c3ccccc3)(c3ccccc3)c3ccccn3)ccc2)c(N(c2ccccc2)c2ccccc2)cc1N(c1ccccc1)c1ccccc1.[Pt]. The number of phenols is 1. The van der Waals surface area contributed by atoms with Gasteiger partial charge in [-0.2, -0.15) is 0 Å². The minimum atomic E-state index is -3.10. The Labute approximate surface area is 395 Å². The summed E-state index contributed by atoms with van der Waals surface area (Å²) in [6.07, 6.45) is 1.90. The van der Waals surface area contributed by atoms with Crippen molar-refractivity contribution in [2.75, 3.05) is 9.80 Å². The van der Waals surface area contributed by atoms with Crippen molar-refractivity contribution in [3.63, 3.8) is 0 Å². The first kappa shape index (κ1) is 42.7. The Morgan fingerprint density at radius 3 is 1.31 bits per heavy atom. The fourth-order valence-electron chi connectivity index (χ4n) is 8.76. The van der Waals surface area contributed by atoms with Crippen molar-refractivity contribution >= 4 is 63.1 Å². The molecule has 10 rings (SSSR count). The smallest absolute Gasteiger partial charge is 0.183 e. The minimum absolute atomic E-state index is 0. The van der Waals surface area contributed by atoms with Crippen molar-refractivity contribution in [1.29, 1.82) is 0 Å². The minimum Gasteiger partial charge on any atom is -0.507 e. The van der Waals surface area contributed by atoms with E-state index >= 15 is 0 Å². The second-order valence-electron chi connectivity index (χ2n) is 15.4. The standard InChI is InChI=1S/C58H43N4OSi.Pt/c63-55-39-20-19-38-52(55)58-54(62(47-29-11-3-12-30-47)48-31-13-4-14-32-48)43-53(61(45-25-7-1-8-26-45)46-27-9-2-10-28-46)57(60-58)44-24-23-37-51(42-44)64(49-33-15-5-16-34-49,50-35-17-6-18-36-50)56-40-21-22-41-59-56;/h1-41,43,63H;/q-1;. The van der Waals surface area contributed by atoms with Gasteiger partial charge in [-0.3, -0.25) is 9.97 Å². The number of pyridine rings is 2. The molecule has 2 heterocycles. The second-order valence-corrected chi connectivity index (χ2v) is 19.1. The molecule has 0 aliphatic carbocycles. The van der Waals surface area contributed by atoms with Crippen LogP contribution in [0.1, 0.15) is 0 Å². The van der Waals surface area contributed by atoms with Crippen LogP contribution in [-0.2, 0) is 21.1 Å². The van der Waals surface area contributed by atoms with Crippen LogP contribution < -0.4 is 30.7 Å². The molecule has 0 unspecified atom stereocenters. The molecule has 0 spiro atoms. The monoisotopic (exact) mass is 1030 g/mol. The molecule has 8 aromatic carbocycles. The van der Waals surface area contributed by atoms with E-state index in [1.54, 1.807) is 6.07 Å². The molecule has 0 aliphatic rings. The first-order valence-corrected chi connectivity index (χ1v) is 23.4. The fraction of sp³-hybridized carbons (Fsp3) is 0. The summed E-state index contributed by atoms with van der Waals surface area (Å²) in [4.78, 5) is 15.4. The van der Waals surface area contributed by atoms with Gasteiger partial charge in [-0.1, -0.05) is 152 Å². The number of nitrogens with zero attached hydrogens (tertiary/aromatic N) is 4. The Balaban J connectivity index is 0.00000533. The topological polar surface area (TPSA) is 52.5 Å². The summed E-state index contributed by atoms with van der Waals surface area (Å²) < 4.78 is 0. The van der Waals surface area contributed by atoms with E-state index in [1.807, 2.05) is 79.0 Å². The Morgan fingerprint density at radius 2 is 0.846 bits per heavy atom. The van der Waals surface area contributed by atoms with E-state index in [1.165, 1.54) is 10.4 Å². The predicted molar refractivity (Wildman–Crippen MR) is 266 cm³/mol. The zero-order valence-electron chi connectivity index (χ0n) is 35.3. The molecule has 0 saturated heterocycles. The van der Waals surface area contributed by atoms with Crippen LogP contribution >= 0.6 is 0 Å². The van der Waals surface area contributed by atoms with Gasteiger partial charge in [0.25, 0.3) is 0 Å². The first-order valence-electron chi connectivity index (χ1n) is 21.4. The molecule has 10 aromatic rings. The molecule has 0 fully saturated rings. The van der Waals surface area contributed by atoms with Gasteiger partial charge in [0.2, 0.25) is 0 Å². The van der Waals surface area contributed by atoms with Crippen molar-refractivity contribution in [3.05, 3.63) is 261 Å². The van der Waals surface area contributed by atoms with Crippen LogP contribution in [0.3, 0.4) is 0 Å². The van der Waals surface area contributed by atoms with Crippen molar-refractivity contribution in [3.8, 4) is 28.3 Å². The van der Waals surface area contributed by atoms with Gasteiger partial charge in [0.05, 0.1) is 11.4 Å². The van der Waals surface area contributed by atoms with Gasteiger partial charge in [0.1, 0.15) is 5.75 Å². The van der Waals surface area contributed by atoms with Crippen molar-refractivity contribution in [2.24, 2.45) is 0 Å². The van der Waals surface area contributed by atoms with Crippen LogP contribution in [0.15, 0.2) is 255 Å². The Bertz CT molecular complexity index is 2940. The number of phenolic OH excluding ortho intramolecular Hbond substituents is 1. The summed E-state index contributed by atoms with van der Waals surface area (Å²) in [7, 11) is -3.10. The largest absolute Gasteiger partial charge is 0.507 e. The van der Waals surface area contributed by atoms with Crippen LogP contribution in [0.4, 0.5) is 34.1 Å². The summed E-state index contributed by atoms with van der Waals surface area (Å²) in [5.74, 6) is 0.131. The third-order valence-electron chi connectivity index (χ3n) is 11.6. The van der Waals surface area contributed by atoms with Gasteiger partial charge >= 0.3 is 0 Å². The Hall–Kier alpha value is -7.63. The molecule has 2 aromatic heterocycles. The molecule has 5 nitrogen and oxygen atoms in total. The molecule has 0 bridgehead atoms. The van der Waals surface area contributed by atoms with Gasteiger partial charge < -0.3 is 14.9 Å². The maximum atomic E-state index is 11.8. The quantitative estimate of drug-likeness (QED) is 0.0751. The van der Waals surface area contributed by atoms with Crippen LogP contribution in [0.2, 0.25) is 0 Å². The summed E-state index contributed by atoms with van der Waals surface area (Å²) in [6.45, 7) is 0. The van der Waals surface area contributed by atoms with E-state index < -0.39 is 8.07 Å². The van der Waals surface area contributed by atoms with Crippen molar-refractivity contribution in [1.82, 2.24) is 9.97 Å². The molecule has 0 atom stereocenters. The van der Waals surface area contributed by atoms with E-state index in [9.17, 15) is 5.11 Å². The van der Waals surface area contributed by atoms with Gasteiger partial charge in [0, 0.05) is 72.3 Å². The zero-order chi connectivity index (χ0) is 43.1.